The van der Waals surface area contributed by atoms with Gasteiger partial charge in [0.2, 0.25) is 10.0 Å². The molecule has 0 amide bonds. The van der Waals surface area contributed by atoms with E-state index in [1.807, 2.05) is 24.3 Å². The molecule has 0 aliphatic carbocycles. The fourth-order valence-corrected chi connectivity index (χ4v) is 3.78. The second-order valence-corrected chi connectivity index (χ2v) is 7.79. The molecule has 7 heteroatoms. The number of hydrogen-bond donors (Lipinski definition) is 1. The molecule has 0 saturated carbocycles. The Kier molecular flexibility index (Phi) is 5.32. The number of nitrogens with zero attached hydrogens (tertiary/aromatic N) is 1. The summed E-state index contributed by atoms with van der Waals surface area (Å²) in [5.41, 5.74) is 7.19. The number of thiocarbonyl (C=S) groups is 1. The zero-order chi connectivity index (χ0) is 15.5. The Morgan fingerprint density at radius 1 is 1.52 bits per heavy atom. The van der Waals surface area contributed by atoms with Gasteiger partial charge in [-0.05, 0) is 24.5 Å². The van der Waals surface area contributed by atoms with Crippen LogP contribution in [0, 0.1) is 0 Å². The molecule has 2 rings (SSSR count). The molecule has 21 heavy (non-hydrogen) atoms. The van der Waals surface area contributed by atoms with Crippen LogP contribution < -0.4 is 5.73 Å². The first-order chi connectivity index (χ1) is 9.88. The lowest BCUT2D eigenvalue weighted by Gasteiger charge is -2.19. The van der Waals surface area contributed by atoms with Gasteiger partial charge in [0.25, 0.3) is 0 Å². The normalized spacial score (nSPS) is 19.0. The lowest BCUT2D eigenvalue weighted by Crippen LogP contribution is -2.33. The molecule has 1 aromatic carbocycles. The van der Waals surface area contributed by atoms with Crippen molar-refractivity contribution in [2.45, 2.75) is 25.5 Å². The van der Waals surface area contributed by atoms with E-state index < -0.39 is 10.0 Å². The van der Waals surface area contributed by atoms with Crippen LogP contribution in [0.15, 0.2) is 24.3 Å². The highest BCUT2D eigenvalue weighted by Crippen LogP contribution is 2.17. The fourth-order valence-electron chi connectivity index (χ4n) is 2.32. The second-order valence-electron chi connectivity index (χ2n) is 5.23. The van der Waals surface area contributed by atoms with E-state index in [2.05, 4.69) is 0 Å². The van der Waals surface area contributed by atoms with Crippen LogP contribution in [0.4, 0.5) is 0 Å². The first kappa shape index (κ1) is 16.4. The Bertz CT molecular complexity index is 610. The van der Waals surface area contributed by atoms with Crippen molar-refractivity contribution in [2.24, 2.45) is 5.73 Å². The Morgan fingerprint density at radius 3 is 2.90 bits per heavy atom. The molecule has 1 heterocycles. The highest BCUT2D eigenvalue weighted by Gasteiger charge is 2.26. The van der Waals surface area contributed by atoms with Gasteiger partial charge < -0.3 is 10.5 Å². The quantitative estimate of drug-likeness (QED) is 0.796. The molecule has 1 unspecified atom stereocenters. The predicted molar refractivity (Wildman–Crippen MR) is 86.6 cm³/mol. The van der Waals surface area contributed by atoms with Crippen molar-refractivity contribution in [3.05, 3.63) is 35.4 Å². The van der Waals surface area contributed by atoms with Gasteiger partial charge in [0.05, 0.1) is 11.9 Å². The highest BCUT2D eigenvalue weighted by atomic mass is 32.2. The van der Waals surface area contributed by atoms with Crippen LogP contribution in [0.3, 0.4) is 0 Å². The summed E-state index contributed by atoms with van der Waals surface area (Å²) < 4.78 is 31.4. The predicted octanol–water partition coefficient (Wildman–Crippen LogP) is 1.26. The third-order valence-corrected chi connectivity index (χ3v) is 5.62. The molecule has 1 aromatic rings. The molecule has 0 aromatic heterocycles. The van der Waals surface area contributed by atoms with Gasteiger partial charge in [-0.25, -0.2) is 12.7 Å². The first-order valence-corrected chi connectivity index (χ1v) is 8.84. The molecule has 5 nitrogen and oxygen atoms in total. The number of benzene rings is 1. The van der Waals surface area contributed by atoms with Crippen LogP contribution in [0.1, 0.15) is 24.0 Å². The Morgan fingerprint density at radius 2 is 2.29 bits per heavy atom. The summed E-state index contributed by atoms with van der Waals surface area (Å²) in [7, 11) is -1.75. The van der Waals surface area contributed by atoms with Crippen LogP contribution >= 0.6 is 12.2 Å². The molecule has 116 valence electrons. The van der Waals surface area contributed by atoms with Gasteiger partial charge in [0.15, 0.2) is 0 Å². The fraction of sp³-hybridized carbons (Fsp3) is 0.500. The van der Waals surface area contributed by atoms with E-state index in [1.165, 1.54) is 4.31 Å². The van der Waals surface area contributed by atoms with Crippen LogP contribution in [0.5, 0.6) is 0 Å². The minimum atomic E-state index is -3.33. The van der Waals surface area contributed by atoms with E-state index in [9.17, 15) is 8.42 Å². The summed E-state index contributed by atoms with van der Waals surface area (Å²) in [4.78, 5) is 0.307. The SMILES string of the molecule is CN(Cc1cccc(C(N)=S)c1)S(=O)(=O)CC1CCCO1. The summed E-state index contributed by atoms with van der Waals surface area (Å²) in [5, 5.41) is 0. The molecular weight excluding hydrogens is 308 g/mol. The number of ether oxygens (including phenoxy) is 1. The van der Waals surface area contributed by atoms with Crippen molar-refractivity contribution in [1.82, 2.24) is 4.31 Å². The van der Waals surface area contributed by atoms with Crippen LogP contribution in [-0.2, 0) is 21.3 Å². The summed E-state index contributed by atoms with van der Waals surface area (Å²) in [6.07, 6.45) is 1.56. The Labute approximate surface area is 131 Å². The largest absolute Gasteiger partial charge is 0.389 e. The van der Waals surface area contributed by atoms with Crippen LogP contribution in [-0.4, -0.2) is 43.2 Å². The van der Waals surface area contributed by atoms with Gasteiger partial charge in [-0.15, -0.1) is 0 Å². The topological polar surface area (TPSA) is 72.6 Å². The summed E-state index contributed by atoms with van der Waals surface area (Å²) in [6, 6.07) is 7.32. The third kappa shape index (κ3) is 4.47. The zero-order valence-electron chi connectivity index (χ0n) is 12.0. The van der Waals surface area contributed by atoms with Crippen LogP contribution in [0.25, 0.3) is 0 Å². The summed E-state index contributed by atoms with van der Waals surface area (Å²) >= 11 is 4.93. The molecule has 1 aliphatic rings. The van der Waals surface area contributed by atoms with Crippen molar-refractivity contribution < 1.29 is 13.2 Å². The molecule has 1 atom stereocenters. The molecule has 1 fully saturated rings. The van der Waals surface area contributed by atoms with E-state index in [0.29, 0.717) is 18.1 Å². The standard InChI is InChI=1S/C14H20N2O3S2/c1-16(21(17,18)10-13-6-3-7-19-13)9-11-4-2-5-12(8-11)14(15)20/h2,4-5,8,13H,3,6-7,9-10H2,1H3,(H2,15,20). The maximum atomic E-state index is 12.3. The van der Waals surface area contributed by atoms with E-state index in [0.717, 1.165) is 24.0 Å². The zero-order valence-corrected chi connectivity index (χ0v) is 13.6. The molecule has 0 bridgehead atoms. The van der Waals surface area contributed by atoms with E-state index in [4.69, 9.17) is 22.7 Å². The monoisotopic (exact) mass is 328 g/mol. The summed E-state index contributed by atoms with van der Waals surface area (Å²) in [6.45, 7) is 0.950. The van der Waals surface area contributed by atoms with Gasteiger partial charge in [-0.2, -0.15) is 0 Å². The minimum absolute atomic E-state index is 0.0402. The van der Waals surface area contributed by atoms with Crippen molar-refractivity contribution in [3.8, 4) is 0 Å². The van der Waals surface area contributed by atoms with Gasteiger partial charge in [-0.3, -0.25) is 0 Å². The lowest BCUT2D eigenvalue weighted by molar-refractivity contribution is 0.126. The van der Waals surface area contributed by atoms with Crippen molar-refractivity contribution in [3.63, 3.8) is 0 Å². The second kappa shape index (κ2) is 6.83. The van der Waals surface area contributed by atoms with Gasteiger partial charge in [0.1, 0.15) is 4.99 Å². The van der Waals surface area contributed by atoms with E-state index in [1.54, 1.807) is 7.05 Å². The average molecular weight is 328 g/mol. The molecule has 2 N–H and O–H groups in total. The number of sulfonamides is 1. The molecule has 1 aliphatic heterocycles. The third-order valence-electron chi connectivity index (χ3n) is 3.51. The smallest absolute Gasteiger partial charge is 0.216 e. The van der Waals surface area contributed by atoms with Crippen molar-refractivity contribution >= 4 is 27.2 Å². The number of hydrogen-bond acceptors (Lipinski definition) is 4. The van der Waals surface area contributed by atoms with Gasteiger partial charge in [0, 0.05) is 25.8 Å². The maximum Gasteiger partial charge on any atom is 0.216 e. The van der Waals surface area contributed by atoms with E-state index in [-0.39, 0.29) is 11.9 Å². The van der Waals surface area contributed by atoms with Crippen LogP contribution in [0.2, 0.25) is 0 Å². The lowest BCUT2D eigenvalue weighted by atomic mass is 10.1. The molecule has 1 saturated heterocycles. The molecule has 0 radical (unpaired) electrons. The number of nitrogens with two attached hydrogens (primary N) is 1. The van der Waals surface area contributed by atoms with E-state index >= 15 is 0 Å². The highest BCUT2D eigenvalue weighted by molar-refractivity contribution is 7.89. The summed E-state index contributed by atoms with van der Waals surface area (Å²) in [5.74, 6) is 0.0402. The van der Waals surface area contributed by atoms with Gasteiger partial charge in [-0.1, -0.05) is 30.4 Å². The molecular formula is C14H20N2O3S2. The maximum absolute atomic E-state index is 12.3. The molecule has 0 spiro atoms. The van der Waals surface area contributed by atoms with Gasteiger partial charge >= 0.3 is 0 Å². The Balaban J connectivity index is 2.04. The first-order valence-electron chi connectivity index (χ1n) is 6.83. The van der Waals surface area contributed by atoms with Crippen molar-refractivity contribution in [1.29, 1.82) is 0 Å². The average Bonchev–Trinajstić information content (AvgIpc) is 2.91. The Hall–Kier alpha value is -1.02. The number of rotatable bonds is 6. The van der Waals surface area contributed by atoms with Crippen molar-refractivity contribution in [2.75, 3.05) is 19.4 Å². The minimum Gasteiger partial charge on any atom is -0.389 e.